The largest absolute Gasteiger partial charge is 0.275 e. The van der Waals surface area contributed by atoms with Crippen molar-refractivity contribution in [3.8, 4) is 0 Å². The van der Waals surface area contributed by atoms with Crippen LogP contribution in [0.5, 0.6) is 0 Å². The Morgan fingerprint density at radius 1 is 1.25 bits per heavy atom. The van der Waals surface area contributed by atoms with Crippen molar-refractivity contribution in [3.63, 3.8) is 0 Å². The van der Waals surface area contributed by atoms with Gasteiger partial charge in [0.2, 0.25) is 0 Å². The molecule has 0 N–H and O–H groups in total. The van der Waals surface area contributed by atoms with E-state index in [1.807, 2.05) is 31.5 Å². The average molecular weight is 197 g/mol. The van der Waals surface area contributed by atoms with Gasteiger partial charge in [-0.1, -0.05) is 30.0 Å². The third-order valence-electron chi connectivity index (χ3n) is 1.31. The standard InChI is InChI=1S/C9H11NS2/c1-10-9(11-2)12-8-6-4-3-5-7-8/h3-7H,1-2H3/b10-9-. The molecule has 0 aliphatic carbocycles. The van der Waals surface area contributed by atoms with Crippen molar-refractivity contribution in [2.45, 2.75) is 4.90 Å². The van der Waals surface area contributed by atoms with Crippen molar-refractivity contribution in [3.05, 3.63) is 30.3 Å². The van der Waals surface area contributed by atoms with Gasteiger partial charge in [-0.25, -0.2) is 0 Å². The van der Waals surface area contributed by atoms with Crippen LogP contribution in [0.4, 0.5) is 0 Å². The number of aliphatic imine (C=N–C) groups is 1. The second kappa shape index (κ2) is 5.27. The highest BCUT2D eigenvalue weighted by molar-refractivity contribution is 8.38. The fourth-order valence-corrected chi connectivity index (χ4v) is 2.16. The number of hydrogen-bond acceptors (Lipinski definition) is 3. The Kier molecular flexibility index (Phi) is 4.25. The summed E-state index contributed by atoms with van der Waals surface area (Å²) in [5.74, 6) is 0. The Labute approximate surface area is 81.7 Å². The Bertz CT molecular complexity index is 256. The van der Waals surface area contributed by atoms with Crippen LogP contribution >= 0.6 is 23.5 Å². The van der Waals surface area contributed by atoms with Crippen molar-refractivity contribution in [1.29, 1.82) is 0 Å². The highest BCUT2D eigenvalue weighted by atomic mass is 32.2. The number of hydrogen-bond donors (Lipinski definition) is 0. The van der Waals surface area contributed by atoms with Crippen molar-refractivity contribution in [2.24, 2.45) is 4.99 Å². The zero-order chi connectivity index (χ0) is 8.81. The van der Waals surface area contributed by atoms with Crippen molar-refractivity contribution in [1.82, 2.24) is 0 Å². The summed E-state index contributed by atoms with van der Waals surface area (Å²) in [6.07, 6.45) is 2.04. The van der Waals surface area contributed by atoms with E-state index in [9.17, 15) is 0 Å². The fraction of sp³-hybridized carbons (Fsp3) is 0.222. The van der Waals surface area contributed by atoms with Crippen molar-refractivity contribution < 1.29 is 0 Å². The third-order valence-corrected chi connectivity index (χ3v) is 3.45. The average Bonchev–Trinajstić information content (AvgIpc) is 2.16. The van der Waals surface area contributed by atoms with Gasteiger partial charge in [-0.05, 0) is 18.4 Å². The molecule has 0 aliphatic heterocycles. The normalized spacial score (nSPS) is 11.7. The fourth-order valence-electron chi connectivity index (χ4n) is 0.768. The second-order valence-corrected chi connectivity index (χ2v) is 4.22. The summed E-state index contributed by atoms with van der Waals surface area (Å²) in [4.78, 5) is 5.39. The van der Waals surface area contributed by atoms with Crippen molar-refractivity contribution in [2.75, 3.05) is 13.3 Å². The molecule has 1 rings (SSSR count). The molecule has 0 aliphatic rings. The monoisotopic (exact) mass is 197 g/mol. The van der Waals surface area contributed by atoms with Gasteiger partial charge in [-0.15, -0.1) is 11.8 Å². The Hall–Kier alpha value is -0.410. The number of nitrogens with zero attached hydrogens (tertiary/aromatic N) is 1. The van der Waals surface area contributed by atoms with Crippen LogP contribution in [0.3, 0.4) is 0 Å². The summed E-state index contributed by atoms with van der Waals surface area (Å²) in [6, 6.07) is 10.3. The first-order valence-corrected chi connectivity index (χ1v) is 5.64. The van der Waals surface area contributed by atoms with E-state index in [-0.39, 0.29) is 0 Å². The first kappa shape index (κ1) is 9.68. The minimum Gasteiger partial charge on any atom is -0.275 e. The molecule has 3 heteroatoms. The highest BCUT2D eigenvalue weighted by Gasteiger charge is 1.97. The zero-order valence-corrected chi connectivity index (χ0v) is 8.78. The van der Waals surface area contributed by atoms with Gasteiger partial charge in [0.1, 0.15) is 4.38 Å². The van der Waals surface area contributed by atoms with Crippen molar-refractivity contribution >= 4 is 27.9 Å². The molecule has 12 heavy (non-hydrogen) atoms. The van der Waals surface area contributed by atoms with Crippen LogP contribution in [-0.2, 0) is 0 Å². The molecule has 0 unspecified atom stereocenters. The lowest BCUT2D eigenvalue weighted by Crippen LogP contribution is -1.82. The topological polar surface area (TPSA) is 12.4 Å². The predicted molar refractivity (Wildman–Crippen MR) is 59.2 cm³/mol. The summed E-state index contributed by atoms with van der Waals surface area (Å²) < 4.78 is 1.10. The van der Waals surface area contributed by atoms with E-state index in [2.05, 4.69) is 17.1 Å². The molecule has 0 spiro atoms. The van der Waals surface area contributed by atoms with Gasteiger partial charge in [0.25, 0.3) is 0 Å². The molecule has 0 heterocycles. The number of benzene rings is 1. The van der Waals surface area contributed by atoms with Gasteiger partial charge in [0, 0.05) is 11.9 Å². The minimum atomic E-state index is 1.10. The van der Waals surface area contributed by atoms with Crippen LogP contribution < -0.4 is 0 Å². The highest BCUT2D eigenvalue weighted by Crippen LogP contribution is 2.23. The first-order valence-electron chi connectivity index (χ1n) is 3.60. The molecule has 0 amide bonds. The van der Waals surface area contributed by atoms with E-state index >= 15 is 0 Å². The van der Waals surface area contributed by atoms with E-state index in [4.69, 9.17) is 0 Å². The van der Waals surface area contributed by atoms with Gasteiger partial charge < -0.3 is 0 Å². The van der Waals surface area contributed by atoms with Crippen LogP contribution in [-0.4, -0.2) is 17.7 Å². The lowest BCUT2D eigenvalue weighted by Gasteiger charge is -2.00. The second-order valence-electron chi connectivity index (χ2n) is 2.11. The quantitative estimate of drug-likeness (QED) is 0.389. The minimum absolute atomic E-state index is 1.10. The smallest absolute Gasteiger partial charge is 0.128 e. The first-order chi connectivity index (χ1) is 5.86. The van der Waals surface area contributed by atoms with E-state index in [1.54, 1.807) is 23.5 Å². The molecule has 0 fully saturated rings. The van der Waals surface area contributed by atoms with Gasteiger partial charge in [0.15, 0.2) is 0 Å². The lowest BCUT2D eigenvalue weighted by atomic mass is 10.4. The van der Waals surface area contributed by atoms with Crippen LogP contribution in [0.15, 0.2) is 40.2 Å². The molecule has 1 aromatic rings. The molecule has 1 aromatic carbocycles. The lowest BCUT2D eigenvalue weighted by molar-refractivity contribution is 1.46. The van der Waals surface area contributed by atoms with Gasteiger partial charge in [0.05, 0.1) is 0 Å². The summed E-state index contributed by atoms with van der Waals surface area (Å²) in [5.41, 5.74) is 0. The molecule has 0 radical (unpaired) electrons. The van der Waals surface area contributed by atoms with Crippen LogP contribution in [0, 0.1) is 0 Å². The van der Waals surface area contributed by atoms with E-state index < -0.39 is 0 Å². The SMILES string of the molecule is C/N=C(/SC)Sc1ccccc1. The molecule has 1 nitrogen and oxygen atoms in total. The van der Waals surface area contributed by atoms with Crippen LogP contribution in [0.2, 0.25) is 0 Å². The Balaban J connectivity index is 2.64. The van der Waals surface area contributed by atoms with Gasteiger partial charge in [-0.2, -0.15) is 0 Å². The Morgan fingerprint density at radius 2 is 1.92 bits per heavy atom. The summed E-state index contributed by atoms with van der Waals surface area (Å²) in [6.45, 7) is 0. The molecule has 0 bridgehead atoms. The maximum atomic E-state index is 4.14. The maximum absolute atomic E-state index is 4.14. The van der Waals surface area contributed by atoms with Gasteiger partial charge in [-0.3, -0.25) is 4.99 Å². The molecule has 0 atom stereocenters. The molecule has 0 saturated heterocycles. The zero-order valence-electron chi connectivity index (χ0n) is 7.15. The molecule has 0 saturated carbocycles. The summed E-state index contributed by atoms with van der Waals surface area (Å²) in [7, 11) is 1.82. The van der Waals surface area contributed by atoms with Crippen LogP contribution in [0.25, 0.3) is 0 Å². The Morgan fingerprint density at radius 3 is 2.42 bits per heavy atom. The predicted octanol–water partition coefficient (Wildman–Crippen LogP) is 3.13. The number of rotatable bonds is 1. The maximum Gasteiger partial charge on any atom is 0.128 e. The molecular formula is C9H11NS2. The number of thioether (sulfide) groups is 2. The third kappa shape index (κ3) is 2.91. The summed E-state index contributed by atoms with van der Waals surface area (Å²) >= 11 is 3.38. The van der Waals surface area contributed by atoms with E-state index in [0.29, 0.717) is 0 Å². The molecule has 64 valence electrons. The van der Waals surface area contributed by atoms with E-state index in [0.717, 1.165) is 4.38 Å². The summed E-state index contributed by atoms with van der Waals surface area (Å²) in [5, 5.41) is 0. The molecular weight excluding hydrogens is 186 g/mol. The van der Waals surface area contributed by atoms with E-state index in [1.165, 1.54) is 4.90 Å². The molecule has 0 aromatic heterocycles. The van der Waals surface area contributed by atoms with Gasteiger partial charge >= 0.3 is 0 Å². The van der Waals surface area contributed by atoms with Crippen LogP contribution in [0.1, 0.15) is 0 Å².